The van der Waals surface area contributed by atoms with Crippen molar-refractivity contribution < 1.29 is 0 Å². The molecule has 0 bridgehead atoms. The lowest BCUT2D eigenvalue weighted by molar-refractivity contribution is 0.445. The first kappa shape index (κ1) is 44.7. The predicted octanol–water partition coefficient (Wildman–Crippen LogP) is 19.0. The minimum atomic E-state index is -0.459. The SMILES string of the molecule is CC1C=C(N(c2ccc(-c3ccc4c(c3)C(c3ccccc3)(c3ccccc3)c3ccccc3-4)cc2)c2ccc(C(C)(C)C)cc2-c2ccccc2)C(c2cccc3cccc(C4CCCCC4)c23)=CC1. The van der Waals surface area contributed by atoms with Gasteiger partial charge in [-0.15, -0.1) is 0 Å². The molecule has 3 aliphatic carbocycles. The normalized spacial score (nSPS) is 16.5. The number of rotatable bonds is 9. The highest BCUT2D eigenvalue weighted by Gasteiger charge is 2.46. The highest BCUT2D eigenvalue weighted by atomic mass is 15.2. The standard InChI is InChI=1S/C70H63N/c1-48-35-42-61(62-33-20-26-52-25-19-32-58(68(52)62)50-21-9-5-10-22-50)67(45-48)71(66-44-39-56(69(2,3)4)47-63(66)51-23-11-6-12-24-51)57-40-36-49(37-41-57)53-38-43-60-59-31-17-18-34-64(59)70(65(60)46-53,54-27-13-7-14-28-54)55-29-15-8-16-30-55/h6-8,11-20,23-34,36-48,50H,5,9-10,21-22,35H2,1-4H3. The average molecular weight is 918 g/mol. The van der Waals surface area contributed by atoms with Gasteiger partial charge in [0, 0.05) is 22.5 Å². The molecular formula is C70H63N. The molecule has 0 spiro atoms. The summed E-state index contributed by atoms with van der Waals surface area (Å²) in [6.45, 7) is 9.35. The van der Waals surface area contributed by atoms with E-state index >= 15 is 0 Å². The summed E-state index contributed by atoms with van der Waals surface area (Å²) in [5.74, 6) is 0.948. The first-order valence-corrected chi connectivity index (χ1v) is 26.2. The first-order valence-electron chi connectivity index (χ1n) is 26.2. The maximum Gasteiger partial charge on any atom is 0.0713 e. The second-order valence-corrected chi connectivity index (χ2v) is 21.5. The summed E-state index contributed by atoms with van der Waals surface area (Å²) >= 11 is 0. The number of allylic oxidation sites excluding steroid dienone is 3. The van der Waals surface area contributed by atoms with E-state index in [1.165, 1.54) is 132 Å². The van der Waals surface area contributed by atoms with Gasteiger partial charge in [-0.05, 0) is 144 Å². The van der Waals surface area contributed by atoms with Crippen LogP contribution >= 0.6 is 0 Å². The Balaban J connectivity index is 1.04. The zero-order valence-electron chi connectivity index (χ0n) is 41.7. The van der Waals surface area contributed by atoms with Crippen LogP contribution in [-0.4, -0.2) is 0 Å². The Morgan fingerprint density at radius 2 is 1.11 bits per heavy atom. The van der Waals surface area contributed by atoms with Crippen LogP contribution in [0.15, 0.2) is 230 Å². The molecular weight excluding hydrogens is 855 g/mol. The maximum atomic E-state index is 2.59. The third-order valence-electron chi connectivity index (χ3n) is 16.0. The Kier molecular flexibility index (Phi) is 11.6. The van der Waals surface area contributed by atoms with Crippen LogP contribution in [0.3, 0.4) is 0 Å². The average Bonchev–Trinajstić information content (AvgIpc) is 3.72. The van der Waals surface area contributed by atoms with Gasteiger partial charge in [0.2, 0.25) is 0 Å². The molecule has 71 heavy (non-hydrogen) atoms. The monoisotopic (exact) mass is 917 g/mol. The zero-order chi connectivity index (χ0) is 48.1. The van der Waals surface area contributed by atoms with Gasteiger partial charge in [0.25, 0.3) is 0 Å². The molecule has 1 fully saturated rings. The molecule has 9 aromatic carbocycles. The van der Waals surface area contributed by atoms with Crippen molar-refractivity contribution in [1.29, 1.82) is 0 Å². The number of hydrogen-bond donors (Lipinski definition) is 0. The van der Waals surface area contributed by atoms with Gasteiger partial charge in [-0.3, -0.25) is 0 Å². The van der Waals surface area contributed by atoms with Crippen LogP contribution in [0.2, 0.25) is 0 Å². The van der Waals surface area contributed by atoms with Crippen LogP contribution in [0, 0.1) is 5.92 Å². The molecule has 1 nitrogen and oxygen atoms in total. The summed E-state index contributed by atoms with van der Waals surface area (Å²) in [6.07, 6.45) is 12.6. The lowest BCUT2D eigenvalue weighted by Crippen LogP contribution is -2.28. The van der Waals surface area contributed by atoms with Gasteiger partial charge in [0.15, 0.2) is 0 Å². The van der Waals surface area contributed by atoms with E-state index in [2.05, 4.69) is 257 Å². The first-order chi connectivity index (χ1) is 34.8. The summed E-state index contributed by atoms with van der Waals surface area (Å²) in [7, 11) is 0. The van der Waals surface area contributed by atoms with Crippen LogP contribution in [0.1, 0.15) is 111 Å². The molecule has 348 valence electrons. The van der Waals surface area contributed by atoms with Crippen molar-refractivity contribution in [2.75, 3.05) is 4.90 Å². The molecule has 1 heteroatoms. The quantitative estimate of drug-likeness (QED) is 0.139. The number of nitrogens with zero attached hydrogens (tertiary/aromatic N) is 1. The molecule has 1 saturated carbocycles. The molecule has 9 aromatic rings. The molecule has 0 saturated heterocycles. The van der Waals surface area contributed by atoms with Crippen molar-refractivity contribution in [2.24, 2.45) is 5.92 Å². The Hall–Kier alpha value is -7.48. The Bertz CT molecular complexity index is 3410. The molecule has 1 atom stereocenters. The number of fused-ring (bicyclic) bond motifs is 4. The maximum absolute atomic E-state index is 2.59. The fourth-order valence-electron chi connectivity index (χ4n) is 12.5. The third-order valence-corrected chi connectivity index (χ3v) is 16.0. The predicted molar refractivity (Wildman–Crippen MR) is 302 cm³/mol. The van der Waals surface area contributed by atoms with E-state index in [-0.39, 0.29) is 5.41 Å². The van der Waals surface area contributed by atoms with E-state index in [1.807, 2.05) is 0 Å². The molecule has 0 radical (unpaired) electrons. The van der Waals surface area contributed by atoms with Gasteiger partial charge in [-0.1, -0.05) is 241 Å². The summed E-state index contributed by atoms with van der Waals surface area (Å²) in [5, 5.41) is 2.76. The van der Waals surface area contributed by atoms with Crippen molar-refractivity contribution in [3.63, 3.8) is 0 Å². The van der Waals surface area contributed by atoms with E-state index in [1.54, 1.807) is 0 Å². The van der Waals surface area contributed by atoms with Gasteiger partial charge in [-0.2, -0.15) is 0 Å². The number of anilines is 2. The smallest absolute Gasteiger partial charge is 0.0713 e. The minimum Gasteiger partial charge on any atom is -0.310 e. The summed E-state index contributed by atoms with van der Waals surface area (Å²) in [5.41, 5.74) is 21.3. The van der Waals surface area contributed by atoms with Crippen LogP contribution in [0.4, 0.5) is 11.4 Å². The highest BCUT2D eigenvalue weighted by molar-refractivity contribution is 6.03. The molecule has 0 aliphatic heterocycles. The lowest BCUT2D eigenvalue weighted by Gasteiger charge is -2.35. The Morgan fingerprint density at radius 1 is 0.493 bits per heavy atom. The van der Waals surface area contributed by atoms with E-state index in [0.717, 1.165) is 12.1 Å². The molecule has 1 unspecified atom stereocenters. The number of benzene rings is 9. The Labute approximate surface area is 421 Å². The highest BCUT2D eigenvalue weighted by Crippen LogP contribution is 2.57. The van der Waals surface area contributed by atoms with Crippen LogP contribution in [0.25, 0.3) is 49.7 Å². The topological polar surface area (TPSA) is 3.24 Å². The van der Waals surface area contributed by atoms with Gasteiger partial charge < -0.3 is 4.90 Å². The number of hydrogen-bond acceptors (Lipinski definition) is 1. The third kappa shape index (κ3) is 7.88. The van der Waals surface area contributed by atoms with Crippen molar-refractivity contribution in [2.45, 2.75) is 83.0 Å². The second kappa shape index (κ2) is 18.4. The van der Waals surface area contributed by atoms with E-state index in [4.69, 9.17) is 0 Å². The van der Waals surface area contributed by atoms with Crippen molar-refractivity contribution >= 4 is 27.7 Å². The van der Waals surface area contributed by atoms with Crippen molar-refractivity contribution in [1.82, 2.24) is 0 Å². The van der Waals surface area contributed by atoms with Gasteiger partial charge in [-0.25, -0.2) is 0 Å². The van der Waals surface area contributed by atoms with Gasteiger partial charge in [0.05, 0.1) is 11.1 Å². The van der Waals surface area contributed by atoms with Crippen LogP contribution < -0.4 is 4.90 Å². The van der Waals surface area contributed by atoms with Crippen LogP contribution in [-0.2, 0) is 10.8 Å². The molecule has 0 aromatic heterocycles. The van der Waals surface area contributed by atoms with Gasteiger partial charge >= 0.3 is 0 Å². The van der Waals surface area contributed by atoms with Gasteiger partial charge in [0.1, 0.15) is 0 Å². The fraction of sp³-hybridized carbons (Fsp3) is 0.200. The summed E-state index contributed by atoms with van der Waals surface area (Å²) in [4.78, 5) is 2.59. The second-order valence-electron chi connectivity index (χ2n) is 21.5. The lowest BCUT2D eigenvalue weighted by atomic mass is 9.67. The summed E-state index contributed by atoms with van der Waals surface area (Å²) < 4.78 is 0. The molecule has 3 aliphatic rings. The van der Waals surface area contributed by atoms with E-state index in [0.29, 0.717) is 11.8 Å². The van der Waals surface area contributed by atoms with Crippen molar-refractivity contribution in [3.8, 4) is 33.4 Å². The Morgan fingerprint density at radius 3 is 1.82 bits per heavy atom. The zero-order valence-corrected chi connectivity index (χ0v) is 41.7. The van der Waals surface area contributed by atoms with E-state index in [9.17, 15) is 0 Å². The largest absolute Gasteiger partial charge is 0.310 e. The molecule has 0 N–H and O–H groups in total. The summed E-state index contributed by atoms with van der Waals surface area (Å²) in [6, 6.07) is 80.3. The van der Waals surface area contributed by atoms with E-state index < -0.39 is 5.41 Å². The fourth-order valence-corrected chi connectivity index (χ4v) is 12.5. The molecule has 0 amide bonds. The van der Waals surface area contributed by atoms with Crippen LogP contribution in [0.5, 0.6) is 0 Å². The molecule has 12 rings (SSSR count). The van der Waals surface area contributed by atoms with Crippen molar-refractivity contribution in [3.05, 3.63) is 269 Å². The minimum absolute atomic E-state index is 0.0213. The molecule has 0 heterocycles.